The number of aryl methyl sites for hydroxylation is 2. The van der Waals surface area contributed by atoms with Gasteiger partial charge < -0.3 is 14.6 Å². The van der Waals surface area contributed by atoms with E-state index >= 15 is 0 Å². The molecule has 160 valence electrons. The molecule has 3 rings (SSSR count). The Labute approximate surface area is 181 Å². The van der Waals surface area contributed by atoms with Gasteiger partial charge in [0.25, 0.3) is 0 Å². The normalized spacial score (nSPS) is 10.8. The zero-order valence-electron chi connectivity index (χ0n) is 18.1. The maximum Gasteiger partial charge on any atom is 0.329 e. The topological polar surface area (TPSA) is 84.7 Å². The lowest BCUT2D eigenvalue weighted by Gasteiger charge is -2.10. The molecule has 3 aromatic rings. The van der Waals surface area contributed by atoms with Gasteiger partial charge in [-0.15, -0.1) is 0 Å². The van der Waals surface area contributed by atoms with Gasteiger partial charge in [0.1, 0.15) is 5.75 Å². The second kappa shape index (κ2) is 9.75. The second-order valence-electron chi connectivity index (χ2n) is 7.11. The van der Waals surface area contributed by atoms with Crippen LogP contribution in [0.1, 0.15) is 29.4 Å². The van der Waals surface area contributed by atoms with Crippen molar-refractivity contribution in [3.63, 3.8) is 0 Å². The first-order chi connectivity index (χ1) is 14.9. The third-order valence-corrected chi connectivity index (χ3v) is 4.73. The van der Waals surface area contributed by atoms with Crippen molar-refractivity contribution in [2.45, 2.75) is 27.7 Å². The molecule has 0 fully saturated rings. The summed E-state index contributed by atoms with van der Waals surface area (Å²) >= 11 is 0. The molecule has 0 unspecified atom stereocenters. The minimum absolute atomic E-state index is 0.495. The zero-order valence-corrected chi connectivity index (χ0v) is 18.1. The van der Waals surface area contributed by atoms with E-state index in [4.69, 9.17) is 4.74 Å². The fraction of sp³-hybridized carbons (Fsp3) is 0.208. The molecule has 7 heteroatoms. The van der Waals surface area contributed by atoms with Crippen LogP contribution in [0.15, 0.2) is 59.7 Å². The Hall–Kier alpha value is -3.87. The number of hydrogen-bond donors (Lipinski definition) is 2. The lowest BCUT2D eigenvalue weighted by Crippen LogP contribution is -2.32. The van der Waals surface area contributed by atoms with Crippen LogP contribution in [0.2, 0.25) is 0 Å². The number of anilines is 1. The molecule has 0 aliphatic heterocycles. The first kappa shape index (κ1) is 21.8. The number of rotatable bonds is 6. The number of benzene rings is 2. The van der Waals surface area contributed by atoms with E-state index in [1.165, 1.54) is 11.8 Å². The van der Waals surface area contributed by atoms with Crippen LogP contribution in [0.4, 0.5) is 5.69 Å². The van der Waals surface area contributed by atoms with E-state index in [2.05, 4.69) is 26.5 Å². The van der Waals surface area contributed by atoms with Crippen molar-refractivity contribution < 1.29 is 14.3 Å². The first-order valence-corrected chi connectivity index (χ1v) is 10.0. The number of hydrazone groups is 1. The molecule has 1 heterocycles. The van der Waals surface area contributed by atoms with E-state index in [1.54, 1.807) is 24.3 Å². The van der Waals surface area contributed by atoms with E-state index in [0.29, 0.717) is 18.0 Å². The smallest absolute Gasteiger partial charge is 0.329 e. The van der Waals surface area contributed by atoms with Gasteiger partial charge in [-0.1, -0.05) is 12.1 Å². The van der Waals surface area contributed by atoms with Crippen LogP contribution in [-0.4, -0.2) is 29.2 Å². The molecular formula is C24H26N4O3. The van der Waals surface area contributed by atoms with Crippen molar-refractivity contribution in [3.8, 4) is 11.4 Å². The molecule has 0 aliphatic carbocycles. The lowest BCUT2D eigenvalue weighted by molar-refractivity contribution is -0.136. The Bertz CT molecular complexity index is 1110. The van der Waals surface area contributed by atoms with Crippen LogP contribution < -0.4 is 15.5 Å². The van der Waals surface area contributed by atoms with Crippen LogP contribution in [-0.2, 0) is 9.59 Å². The highest BCUT2D eigenvalue weighted by molar-refractivity contribution is 6.39. The number of amides is 2. The number of hydrogen-bond acceptors (Lipinski definition) is 4. The molecule has 0 aliphatic rings. The predicted octanol–water partition coefficient (Wildman–Crippen LogP) is 3.89. The summed E-state index contributed by atoms with van der Waals surface area (Å²) in [5, 5.41) is 6.48. The number of ether oxygens (including phenoxy) is 1. The molecule has 31 heavy (non-hydrogen) atoms. The molecule has 0 saturated heterocycles. The zero-order chi connectivity index (χ0) is 22.4. The molecule has 2 aromatic carbocycles. The second-order valence-corrected chi connectivity index (χ2v) is 7.11. The van der Waals surface area contributed by atoms with Gasteiger partial charge in [-0.3, -0.25) is 9.59 Å². The van der Waals surface area contributed by atoms with Gasteiger partial charge in [-0.05, 0) is 75.7 Å². The number of nitrogens with one attached hydrogen (secondary N) is 2. The van der Waals surface area contributed by atoms with Gasteiger partial charge >= 0.3 is 11.8 Å². The van der Waals surface area contributed by atoms with Crippen LogP contribution in [0.5, 0.6) is 5.75 Å². The molecule has 0 bridgehead atoms. The molecule has 0 radical (unpaired) electrons. The Balaban J connectivity index is 1.63. The van der Waals surface area contributed by atoms with E-state index in [1.807, 2.05) is 52.0 Å². The van der Waals surface area contributed by atoms with Crippen molar-refractivity contribution in [2.75, 3.05) is 11.9 Å². The SMILES string of the molecule is CCOc1ccc(NC(=O)C(=O)N/N=C\c2cc(C)n(-c3cccc(C)c3)c2C)cc1. The summed E-state index contributed by atoms with van der Waals surface area (Å²) in [7, 11) is 0. The first-order valence-electron chi connectivity index (χ1n) is 10.0. The minimum atomic E-state index is -0.849. The van der Waals surface area contributed by atoms with Crippen molar-refractivity contribution in [3.05, 3.63) is 77.1 Å². The highest BCUT2D eigenvalue weighted by atomic mass is 16.5. The van der Waals surface area contributed by atoms with Crippen molar-refractivity contribution in [2.24, 2.45) is 5.10 Å². The number of carbonyl (C=O) groups excluding carboxylic acids is 2. The van der Waals surface area contributed by atoms with E-state index < -0.39 is 11.8 Å². The molecular weight excluding hydrogens is 392 g/mol. The largest absolute Gasteiger partial charge is 0.494 e. The van der Waals surface area contributed by atoms with Crippen molar-refractivity contribution in [1.82, 2.24) is 9.99 Å². The van der Waals surface area contributed by atoms with Crippen molar-refractivity contribution >= 4 is 23.7 Å². The Kier molecular flexibility index (Phi) is 6.87. The predicted molar refractivity (Wildman–Crippen MR) is 122 cm³/mol. The third-order valence-electron chi connectivity index (χ3n) is 4.73. The monoisotopic (exact) mass is 418 g/mol. The maximum absolute atomic E-state index is 12.1. The van der Waals surface area contributed by atoms with E-state index in [0.717, 1.165) is 22.6 Å². The van der Waals surface area contributed by atoms with Gasteiger partial charge in [0.15, 0.2) is 0 Å². The third kappa shape index (κ3) is 5.39. The van der Waals surface area contributed by atoms with Gasteiger partial charge in [0, 0.05) is 28.3 Å². The van der Waals surface area contributed by atoms with Crippen LogP contribution in [0.25, 0.3) is 5.69 Å². The Morgan fingerprint density at radius 2 is 1.77 bits per heavy atom. The lowest BCUT2D eigenvalue weighted by atomic mass is 10.2. The maximum atomic E-state index is 12.1. The molecule has 2 amide bonds. The van der Waals surface area contributed by atoms with Crippen LogP contribution >= 0.6 is 0 Å². The van der Waals surface area contributed by atoms with Gasteiger partial charge in [-0.25, -0.2) is 5.43 Å². The molecule has 2 N–H and O–H groups in total. The highest BCUT2D eigenvalue weighted by Gasteiger charge is 2.14. The Morgan fingerprint density at radius 3 is 2.45 bits per heavy atom. The van der Waals surface area contributed by atoms with Crippen LogP contribution in [0.3, 0.4) is 0 Å². The number of aromatic nitrogens is 1. The fourth-order valence-electron chi connectivity index (χ4n) is 3.28. The van der Waals surface area contributed by atoms with E-state index in [-0.39, 0.29) is 0 Å². The van der Waals surface area contributed by atoms with Gasteiger partial charge in [0.2, 0.25) is 0 Å². The summed E-state index contributed by atoms with van der Waals surface area (Å²) in [6.45, 7) is 8.49. The van der Waals surface area contributed by atoms with Gasteiger partial charge in [-0.2, -0.15) is 5.10 Å². The van der Waals surface area contributed by atoms with Gasteiger partial charge in [0.05, 0.1) is 12.8 Å². The Morgan fingerprint density at radius 1 is 1.03 bits per heavy atom. The highest BCUT2D eigenvalue weighted by Crippen LogP contribution is 2.20. The van der Waals surface area contributed by atoms with Crippen molar-refractivity contribution in [1.29, 1.82) is 0 Å². The standard InChI is InChI=1S/C24H26N4O3/c1-5-31-22-11-9-20(10-12-22)26-23(29)24(30)27-25-15-19-14-17(3)28(18(19)4)21-8-6-7-16(2)13-21/h6-15H,5H2,1-4H3,(H,26,29)(H,27,30)/b25-15-. The summed E-state index contributed by atoms with van der Waals surface area (Å²) in [6.07, 6.45) is 1.54. The minimum Gasteiger partial charge on any atom is -0.494 e. The molecule has 0 atom stereocenters. The fourth-order valence-corrected chi connectivity index (χ4v) is 3.28. The summed E-state index contributed by atoms with van der Waals surface area (Å²) in [5.74, 6) is -0.956. The average molecular weight is 418 g/mol. The summed E-state index contributed by atoms with van der Waals surface area (Å²) in [5.41, 5.74) is 7.89. The summed E-state index contributed by atoms with van der Waals surface area (Å²) in [6, 6.07) is 17.0. The number of nitrogens with zero attached hydrogens (tertiary/aromatic N) is 2. The summed E-state index contributed by atoms with van der Waals surface area (Å²) in [4.78, 5) is 24.1. The quantitative estimate of drug-likeness (QED) is 0.362. The molecule has 0 spiro atoms. The molecule has 1 aromatic heterocycles. The molecule has 7 nitrogen and oxygen atoms in total. The van der Waals surface area contributed by atoms with Crippen LogP contribution in [0, 0.1) is 20.8 Å². The molecule has 0 saturated carbocycles. The number of carbonyl (C=O) groups is 2. The van der Waals surface area contributed by atoms with E-state index in [9.17, 15) is 9.59 Å². The summed E-state index contributed by atoms with van der Waals surface area (Å²) < 4.78 is 7.47. The average Bonchev–Trinajstić information content (AvgIpc) is 3.02.